The van der Waals surface area contributed by atoms with Crippen molar-refractivity contribution in [2.75, 3.05) is 26.7 Å². The van der Waals surface area contributed by atoms with Crippen molar-refractivity contribution in [3.63, 3.8) is 0 Å². The molecule has 4 rings (SSSR count). The Balaban J connectivity index is 0.00000167. The highest BCUT2D eigenvalue weighted by atomic mass is 16.5. The monoisotopic (exact) mass is 479 g/mol. The standard InChI is InChI=1S/C26H35N5O2.C2H6/c1-3-4-15-31(28)26(29-27)25(24-18-20-9-5-7-11-22(20)33-24)30-16-13-19(14-17-30)21-10-6-8-12-23(21)32-2;1-2/h5-12,18-19,25H,3-4,13-17,27-28H2,1-2H3;1-2H3/b29-26-;. The second-order valence-electron chi connectivity index (χ2n) is 8.68. The van der Waals surface area contributed by atoms with Gasteiger partial charge in [0.05, 0.1) is 7.11 Å². The highest BCUT2D eigenvalue weighted by Gasteiger charge is 2.35. The molecule has 2 heterocycles. The number of nitrogens with two attached hydrogens (primary N) is 2. The zero-order valence-electron chi connectivity index (χ0n) is 21.6. The van der Waals surface area contributed by atoms with Gasteiger partial charge in [0.1, 0.15) is 23.1 Å². The summed E-state index contributed by atoms with van der Waals surface area (Å²) in [6.07, 6.45) is 4.03. The van der Waals surface area contributed by atoms with Crippen molar-refractivity contribution in [2.24, 2.45) is 16.8 Å². The SMILES string of the molecule is CC.CCCCN(N)/C(=N\N)C(c1cc2ccccc2o1)N1CCC(c2ccccc2OC)CC1. The molecular formula is C28H41N5O2. The van der Waals surface area contributed by atoms with Gasteiger partial charge in [-0.2, -0.15) is 5.10 Å². The third-order valence-corrected chi connectivity index (χ3v) is 6.61. The first-order valence-electron chi connectivity index (χ1n) is 12.8. The Morgan fingerprint density at radius 2 is 1.83 bits per heavy atom. The van der Waals surface area contributed by atoms with Gasteiger partial charge in [-0.3, -0.25) is 9.91 Å². The highest BCUT2D eigenvalue weighted by molar-refractivity contribution is 5.89. The molecule has 3 aromatic rings. The molecule has 1 fully saturated rings. The quantitative estimate of drug-likeness (QED) is 0.188. The lowest BCUT2D eigenvalue weighted by Crippen LogP contribution is -2.49. The summed E-state index contributed by atoms with van der Waals surface area (Å²) >= 11 is 0. The summed E-state index contributed by atoms with van der Waals surface area (Å²) < 4.78 is 11.9. The number of piperidine rings is 1. The number of amidine groups is 1. The molecule has 1 atom stereocenters. The first kappa shape index (κ1) is 26.6. The number of rotatable bonds is 8. The van der Waals surface area contributed by atoms with Crippen LogP contribution in [0.1, 0.15) is 69.7 Å². The van der Waals surface area contributed by atoms with Crippen molar-refractivity contribution in [3.8, 4) is 5.75 Å². The molecule has 1 aliphatic heterocycles. The van der Waals surface area contributed by atoms with Crippen LogP contribution in [-0.4, -0.2) is 42.5 Å². The number of hydrogen-bond donors (Lipinski definition) is 2. The second-order valence-corrected chi connectivity index (χ2v) is 8.68. The molecular weight excluding hydrogens is 438 g/mol. The van der Waals surface area contributed by atoms with E-state index in [9.17, 15) is 0 Å². The number of hydrazine groups is 1. The maximum atomic E-state index is 6.45. The topological polar surface area (TPSA) is 93.2 Å². The molecule has 1 saturated heterocycles. The predicted octanol–water partition coefficient (Wildman–Crippen LogP) is 5.64. The zero-order valence-corrected chi connectivity index (χ0v) is 21.6. The van der Waals surface area contributed by atoms with Crippen molar-refractivity contribution in [3.05, 3.63) is 65.9 Å². The average molecular weight is 480 g/mol. The molecule has 0 bridgehead atoms. The summed E-state index contributed by atoms with van der Waals surface area (Å²) in [4.78, 5) is 2.39. The van der Waals surface area contributed by atoms with Crippen LogP contribution in [0.25, 0.3) is 11.0 Å². The summed E-state index contributed by atoms with van der Waals surface area (Å²) in [5.74, 6) is 15.2. The van der Waals surface area contributed by atoms with Crippen LogP contribution in [0, 0.1) is 0 Å². The van der Waals surface area contributed by atoms with Gasteiger partial charge >= 0.3 is 0 Å². The normalized spacial score (nSPS) is 16.0. The van der Waals surface area contributed by atoms with Crippen molar-refractivity contribution in [1.82, 2.24) is 9.91 Å². The number of hydrogen-bond acceptors (Lipinski definition) is 6. The van der Waals surface area contributed by atoms with Crippen molar-refractivity contribution in [1.29, 1.82) is 0 Å². The predicted molar refractivity (Wildman–Crippen MR) is 144 cm³/mol. The Morgan fingerprint density at radius 3 is 2.49 bits per heavy atom. The van der Waals surface area contributed by atoms with Crippen LogP contribution in [0.5, 0.6) is 5.75 Å². The number of ether oxygens (including phenoxy) is 1. The fourth-order valence-corrected chi connectivity index (χ4v) is 4.82. The highest BCUT2D eigenvalue weighted by Crippen LogP contribution is 2.38. The van der Waals surface area contributed by atoms with E-state index in [0.717, 1.165) is 61.3 Å². The maximum Gasteiger partial charge on any atom is 0.163 e. The van der Waals surface area contributed by atoms with Crippen molar-refractivity contribution >= 4 is 16.8 Å². The molecule has 0 spiro atoms. The summed E-state index contributed by atoms with van der Waals surface area (Å²) in [7, 11) is 1.74. The van der Waals surface area contributed by atoms with E-state index in [1.807, 2.05) is 44.2 Å². The lowest BCUT2D eigenvalue weighted by molar-refractivity contribution is 0.163. The van der Waals surface area contributed by atoms with Crippen LogP contribution in [-0.2, 0) is 0 Å². The molecule has 7 nitrogen and oxygen atoms in total. The largest absolute Gasteiger partial charge is 0.496 e. The minimum absolute atomic E-state index is 0.233. The van der Waals surface area contributed by atoms with E-state index in [0.29, 0.717) is 18.3 Å². The van der Waals surface area contributed by atoms with Gasteiger partial charge in [0, 0.05) is 11.9 Å². The number of unbranched alkanes of at least 4 members (excludes halogenated alkanes) is 1. The van der Waals surface area contributed by atoms with Gasteiger partial charge in [0.25, 0.3) is 0 Å². The number of nitrogens with zero attached hydrogens (tertiary/aromatic N) is 3. The van der Waals surface area contributed by atoms with Gasteiger partial charge in [-0.05, 0) is 62.0 Å². The first-order valence-corrected chi connectivity index (χ1v) is 12.8. The van der Waals surface area contributed by atoms with Crippen molar-refractivity contribution < 1.29 is 9.15 Å². The van der Waals surface area contributed by atoms with Crippen LogP contribution in [0.3, 0.4) is 0 Å². The van der Waals surface area contributed by atoms with Gasteiger partial charge in [0.2, 0.25) is 0 Å². The third kappa shape index (κ3) is 6.16. The molecule has 1 aromatic heterocycles. The molecule has 2 aromatic carbocycles. The fourth-order valence-electron chi connectivity index (χ4n) is 4.82. The molecule has 0 saturated carbocycles. The molecule has 1 unspecified atom stereocenters. The molecule has 190 valence electrons. The zero-order chi connectivity index (χ0) is 25.2. The van der Waals surface area contributed by atoms with Gasteiger partial charge < -0.3 is 15.0 Å². The summed E-state index contributed by atoms with van der Waals surface area (Å²) in [5, 5.41) is 6.92. The lowest BCUT2D eigenvalue weighted by Gasteiger charge is -2.39. The molecule has 1 aliphatic rings. The van der Waals surface area contributed by atoms with Crippen LogP contribution < -0.4 is 16.4 Å². The van der Waals surface area contributed by atoms with E-state index in [1.54, 1.807) is 12.1 Å². The Hall–Kier alpha value is -3.03. The van der Waals surface area contributed by atoms with E-state index < -0.39 is 0 Å². The van der Waals surface area contributed by atoms with E-state index in [2.05, 4.69) is 41.2 Å². The number of fused-ring (bicyclic) bond motifs is 1. The molecule has 0 radical (unpaired) electrons. The summed E-state index contributed by atoms with van der Waals surface area (Å²) in [5.41, 5.74) is 2.13. The van der Waals surface area contributed by atoms with Gasteiger partial charge in [-0.1, -0.05) is 63.6 Å². The lowest BCUT2D eigenvalue weighted by atomic mass is 9.88. The van der Waals surface area contributed by atoms with Gasteiger partial charge in [-0.25, -0.2) is 5.84 Å². The Morgan fingerprint density at radius 1 is 1.14 bits per heavy atom. The number of likely N-dealkylation sites (tertiary alicyclic amines) is 1. The van der Waals surface area contributed by atoms with E-state index >= 15 is 0 Å². The molecule has 4 N–H and O–H groups in total. The smallest absolute Gasteiger partial charge is 0.163 e. The van der Waals surface area contributed by atoms with Gasteiger partial charge in [-0.15, -0.1) is 0 Å². The summed E-state index contributed by atoms with van der Waals surface area (Å²) in [6.45, 7) is 8.60. The van der Waals surface area contributed by atoms with E-state index in [1.165, 1.54) is 5.56 Å². The van der Waals surface area contributed by atoms with Crippen LogP contribution in [0.4, 0.5) is 0 Å². The number of furan rings is 1. The van der Waals surface area contributed by atoms with E-state index in [-0.39, 0.29) is 6.04 Å². The Labute approximate surface area is 209 Å². The molecule has 7 heteroatoms. The van der Waals surface area contributed by atoms with Gasteiger partial charge in [0.15, 0.2) is 5.84 Å². The minimum atomic E-state index is -0.233. The molecule has 35 heavy (non-hydrogen) atoms. The number of methoxy groups -OCH3 is 1. The number of benzene rings is 2. The van der Waals surface area contributed by atoms with Crippen LogP contribution >= 0.6 is 0 Å². The Bertz CT molecular complexity index is 1040. The maximum absolute atomic E-state index is 6.45. The van der Waals surface area contributed by atoms with E-state index in [4.69, 9.17) is 20.8 Å². The first-order chi connectivity index (χ1) is 17.2. The molecule has 0 amide bonds. The average Bonchev–Trinajstić information content (AvgIpc) is 3.35. The fraction of sp³-hybridized carbons (Fsp3) is 0.464. The summed E-state index contributed by atoms with van der Waals surface area (Å²) in [6, 6.07) is 18.2. The second kappa shape index (κ2) is 13.2. The minimum Gasteiger partial charge on any atom is -0.496 e. The van der Waals surface area contributed by atoms with Crippen molar-refractivity contribution in [2.45, 2.75) is 58.4 Å². The number of hydrazone groups is 1. The Kier molecular flexibility index (Phi) is 9.99. The van der Waals surface area contributed by atoms with Crippen LogP contribution in [0.2, 0.25) is 0 Å². The third-order valence-electron chi connectivity index (χ3n) is 6.61. The number of para-hydroxylation sites is 2. The van der Waals surface area contributed by atoms with Crippen LogP contribution in [0.15, 0.2) is 64.1 Å². The molecule has 0 aliphatic carbocycles.